The molecule has 2 heterocycles. The van der Waals surface area contributed by atoms with Crippen LogP contribution in [0.3, 0.4) is 0 Å². The molecule has 2 aromatic rings. The number of anilines is 1. The molecule has 23 heavy (non-hydrogen) atoms. The number of amides is 1. The lowest BCUT2D eigenvalue weighted by molar-refractivity contribution is 0.0935. The first-order valence-corrected chi connectivity index (χ1v) is 8.86. The summed E-state index contributed by atoms with van der Waals surface area (Å²) in [6, 6.07) is 5.45. The highest BCUT2D eigenvalue weighted by atomic mass is 32.1. The van der Waals surface area contributed by atoms with Gasteiger partial charge in [-0.2, -0.15) is 0 Å². The molecule has 5 heteroatoms. The number of hydrogen-bond acceptors (Lipinski definition) is 4. The number of thiophene rings is 1. The minimum atomic E-state index is -0.382. The summed E-state index contributed by atoms with van der Waals surface area (Å²) < 4.78 is 0. The van der Waals surface area contributed by atoms with Crippen molar-refractivity contribution in [2.75, 3.05) is 5.32 Å². The van der Waals surface area contributed by atoms with Crippen molar-refractivity contribution in [1.82, 2.24) is 5.32 Å². The third-order valence-electron chi connectivity index (χ3n) is 4.78. The number of carbonyl (C=O) groups is 1. The second kappa shape index (κ2) is 5.27. The number of hydrogen-bond donors (Lipinski definition) is 3. The standard InChI is InChI=1S/C18H20N2O2S/c1-9-4-6-13(21)12(7-9)16-19-17(22)15-11-5-3-10(2)8-14(11)23-18(15)20-16/h4,6-7,10,16,20-21H,3,5,8H2,1-2H3,(H,19,22)/t10-,16+/m1/s1. The Labute approximate surface area is 139 Å². The Hall–Kier alpha value is -2.01. The average molecular weight is 328 g/mol. The summed E-state index contributed by atoms with van der Waals surface area (Å²) in [6.45, 7) is 4.24. The molecule has 120 valence electrons. The molecule has 1 amide bonds. The molecule has 2 aliphatic rings. The van der Waals surface area contributed by atoms with E-state index >= 15 is 0 Å². The van der Waals surface area contributed by atoms with Gasteiger partial charge in [0.15, 0.2) is 0 Å². The van der Waals surface area contributed by atoms with E-state index in [1.807, 2.05) is 19.1 Å². The second-order valence-electron chi connectivity index (χ2n) is 6.67. The third kappa shape index (κ3) is 2.39. The maximum absolute atomic E-state index is 12.7. The molecule has 0 fully saturated rings. The summed E-state index contributed by atoms with van der Waals surface area (Å²) in [6.07, 6.45) is 2.80. The highest BCUT2D eigenvalue weighted by Gasteiger charge is 2.33. The maximum atomic E-state index is 12.7. The lowest BCUT2D eigenvalue weighted by atomic mass is 9.88. The molecule has 0 unspecified atom stereocenters. The molecule has 0 radical (unpaired) electrons. The zero-order chi connectivity index (χ0) is 16.1. The molecule has 0 saturated carbocycles. The topological polar surface area (TPSA) is 61.4 Å². The molecular formula is C18H20N2O2S. The fraction of sp³-hybridized carbons (Fsp3) is 0.389. The summed E-state index contributed by atoms with van der Waals surface area (Å²) >= 11 is 1.70. The number of aromatic hydroxyl groups is 1. The Kier molecular flexibility index (Phi) is 3.34. The number of fused-ring (bicyclic) bond motifs is 3. The predicted molar refractivity (Wildman–Crippen MR) is 92.2 cm³/mol. The van der Waals surface area contributed by atoms with Gasteiger partial charge in [0, 0.05) is 10.4 Å². The lowest BCUT2D eigenvalue weighted by Crippen LogP contribution is -2.38. The van der Waals surface area contributed by atoms with Crippen LogP contribution in [-0.2, 0) is 12.8 Å². The van der Waals surface area contributed by atoms with E-state index in [1.165, 1.54) is 10.4 Å². The first kappa shape index (κ1) is 14.6. The molecule has 0 bridgehead atoms. The quantitative estimate of drug-likeness (QED) is 0.747. The Morgan fingerprint density at radius 1 is 1.30 bits per heavy atom. The van der Waals surface area contributed by atoms with Gasteiger partial charge < -0.3 is 15.7 Å². The van der Waals surface area contributed by atoms with Crippen LogP contribution in [0, 0.1) is 12.8 Å². The van der Waals surface area contributed by atoms with Crippen LogP contribution in [0.1, 0.15) is 51.4 Å². The van der Waals surface area contributed by atoms with E-state index in [0.717, 1.165) is 35.4 Å². The monoisotopic (exact) mass is 328 g/mol. The van der Waals surface area contributed by atoms with E-state index in [1.54, 1.807) is 17.4 Å². The number of carbonyl (C=O) groups excluding carboxylic acids is 1. The van der Waals surface area contributed by atoms with Gasteiger partial charge in [0.2, 0.25) is 0 Å². The zero-order valence-electron chi connectivity index (χ0n) is 13.3. The average Bonchev–Trinajstić information content (AvgIpc) is 2.87. The zero-order valence-corrected chi connectivity index (χ0v) is 14.1. The van der Waals surface area contributed by atoms with Gasteiger partial charge in [-0.3, -0.25) is 4.79 Å². The number of rotatable bonds is 1. The number of phenolic OH excluding ortho intramolecular Hbond substituents is 1. The smallest absolute Gasteiger partial charge is 0.256 e. The molecule has 0 saturated heterocycles. The SMILES string of the molecule is Cc1ccc(O)c([C@H]2NC(=O)c3c(sc4c3CC[C@@H](C)C4)N2)c1. The van der Waals surface area contributed by atoms with Crippen molar-refractivity contribution in [3.63, 3.8) is 0 Å². The van der Waals surface area contributed by atoms with Gasteiger partial charge in [0.25, 0.3) is 5.91 Å². The van der Waals surface area contributed by atoms with Crippen LogP contribution in [-0.4, -0.2) is 11.0 Å². The van der Waals surface area contributed by atoms with Crippen LogP contribution >= 0.6 is 11.3 Å². The molecule has 4 rings (SSSR count). The van der Waals surface area contributed by atoms with Gasteiger partial charge in [-0.1, -0.05) is 18.6 Å². The number of nitrogens with one attached hydrogen (secondary N) is 2. The molecule has 2 atom stereocenters. The summed E-state index contributed by atoms with van der Waals surface area (Å²) in [7, 11) is 0. The van der Waals surface area contributed by atoms with Crippen LogP contribution in [0.25, 0.3) is 0 Å². The minimum Gasteiger partial charge on any atom is -0.508 e. The summed E-state index contributed by atoms with van der Waals surface area (Å²) in [4.78, 5) is 14.0. The van der Waals surface area contributed by atoms with Crippen LogP contribution < -0.4 is 10.6 Å². The van der Waals surface area contributed by atoms with Crippen molar-refractivity contribution in [2.24, 2.45) is 5.92 Å². The van der Waals surface area contributed by atoms with E-state index in [4.69, 9.17) is 0 Å². The summed E-state index contributed by atoms with van der Waals surface area (Å²) in [5.74, 6) is 0.853. The Balaban J connectivity index is 1.73. The largest absolute Gasteiger partial charge is 0.508 e. The van der Waals surface area contributed by atoms with Crippen molar-refractivity contribution in [2.45, 2.75) is 39.3 Å². The molecule has 1 aromatic carbocycles. The predicted octanol–water partition coefficient (Wildman–Crippen LogP) is 3.74. The fourth-order valence-corrected chi connectivity index (χ4v) is 4.96. The Morgan fingerprint density at radius 2 is 2.13 bits per heavy atom. The van der Waals surface area contributed by atoms with Crippen molar-refractivity contribution in [1.29, 1.82) is 0 Å². The van der Waals surface area contributed by atoms with Crippen molar-refractivity contribution in [3.8, 4) is 5.75 Å². The van der Waals surface area contributed by atoms with E-state index in [9.17, 15) is 9.90 Å². The highest BCUT2D eigenvalue weighted by molar-refractivity contribution is 7.16. The van der Waals surface area contributed by atoms with Gasteiger partial charge in [-0.25, -0.2) is 0 Å². The fourth-order valence-electron chi connectivity index (χ4n) is 3.52. The van der Waals surface area contributed by atoms with Gasteiger partial charge >= 0.3 is 0 Å². The Bertz CT molecular complexity index is 797. The second-order valence-corrected chi connectivity index (χ2v) is 7.77. The normalized spacial score (nSPS) is 22.8. The molecule has 3 N–H and O–H groups in total. The highest BCUT2D eigenvalue weighted by Crippen LogP contribution is 2.43. The van der Waals surface area contributed by atoms with Crippen molar-refractivity contribution >= 4 is 22.2 Å². The van der Waals surface area contributed by atoms with E-state index in [0.29, 0.717) is 11.5 Å². The number of aryl methyl sites for hydroxylation is 1. The first-order valence-electron chi connectivity index (χ1n) is 8.04. The van der Waals surface area contributed by atoms with Gasteiger partial charge in [0.1, 0.15) is 16.9 Å². The van der Waals surface area contributed by atoms with Gasteiger partial charge in [0.05, 0.1) is 5.56 Å². The van der Waals surface area contributed by atoms with E-state index in [2.05, 4.69) is 17.6 Å². The van der Waals surface area contributed by atoms with E-state index < -0.39 is 0 Å². The van der Waals surface area contributed by atoms with Crippen LogP contribution in [0.2, 0.25) is 0 Å². The molecule has 1 aliphatic heterocycles. The van der Waals surface area contributed by atoms with Crippen molar-refractivity contribution in [3.05, 3.63) is 45.3 Å². The van der Waals surface area contributed by atoms with Gasteiger partial charge in [-0.15, -0.1) is 11.3 Å². The molecule has 0 spiro atoms. The summed E-state index contributed by atoms with van der Waals surface area (Å²) in [5.41, 5.74) is 3.81. The molecular weight excluding hydrogens is 308 g/mol. The lowest BCUT2D eigenvalue weighted by Gasteiger charge is -2.27. The van der Waals surface area contributed by atoms with Crippen LogP contribution in [0.4, 0.5) is 5.00 Å². The summed E-state index contributed by atoms with van der Waals surface area (Å²) in [5, 5.41) is 17.5. The minimum absolute atomic E-state index is 0.0308. The Morgan fingerprint density at radius 3 is 2.96 bits per heavy atom. The molecule has 1 aromatic heterocycles. The number of phenols is 1. The number of benzene rings is 1. The van der Waals surface area contributed by atoms with Crippen LogP contribution in [0.5, 0.6) is 5.75 Å². The van der Waals surface area contributed by atoms with Crippen molar-refractivity contribution < 1.29 is 9.90 Å². The van der Waals surface area contributed by atoms with Gasteiger partial charge in [-0.05, 0) is 49.8 Å². The maximum Gasteiger partial charge on any atom is 0.256 e. The molecule has 4 nitrogen and oxygen atoms in total. The first-order chi connectivity index (χ1) is 11.0. The van der Waals surface area contributed by atoms with E-state index in [-0.39, 0.29) is 17.8 Å². The third-order valence-corrected chi connectivity index (χ3v) is 5.97. The molecule has 1 aliphatic carbocycles. The van der Waals surface area contributed by atoms with Crippen LogP contribution in [0.15, 0.2) is 18.2 Å².